The highest BCUT2D eigenvalue weighted by molar-refractivity contribution is 8.76. The molecule has 2 fully saturated rings. The van der Waals surface area contributed by atoms with Gasteiger partial charge in [-0.05, 0) is 87.8 Å². The van der Waals surface area contributed by atoms with Gasteiger partial charge >= 0.3 is 35.9 Å². The average Bonchev–Trinajstić information content (AvgIpc) is 1.70. The van der Waals surface area contributed by atoms with E-state index in [1.807, 2.05) is 0 Å². The number of unbranched alkanes of at least 4 members (excludes halogenated alkanes) is 2. The van der Waals surface area contributed by atoms with E-state index in [2.05, 4.69) is 75.1 Å². The molecular formula is C80H97N17O26S2. The van der Waals surface area contributed by atoms with E-state index in [0.717, 1.165) is 27.2 Å². The Kier molecular flexibility index (Phi) is 36.4. The Labute approximate surface area is 721 Å². The quantitative estimate of drug-likeness (QED) is 0.00636. The molecule has 0 radical (unpaired) electrons. The Balaban J connectivity index is 0.830. The summed E-state index contributed by atoms with van der Waals surface area (Å²) in [5.74, 6) is -20.4. The number of guanidine groups is 1. The first-order valence-electron chi connectivity index (χ1n) is 39.1. The number of aromatic amines is 1. The van der Waals surface area contributed by atoms with Crippen LogP contribution < -0.4 is 67.9 Å². The lowest BCUT2D eigenvalue weighted by atomic mass is 9.90. The molecule has 2 saturated heterocycles. The maximum atomic E-state index is 14.4. The normalized spacial score (nSPS) is 15.4. The van der Waals surface area contributed by atoms with Crippen LogP contribution in [0.5, 0.6) is 23.0 Å². The number of fused-ring (bicyclic) bond motifs is 3. The molecule has 0 aliphatic carbocycles. The zero-order valence-corrected chi connectivity index (χ0v) is 69.9. The topological polar surface area (TPSA) is 646 Å². The van der Waals surface area contributed by atoms with Crippen LogP contribution in [0.2, 0.25) is 0 Å². The standard InChI is InChI=1S/C80H97N17O26S2/c1-41-22-49-36-86-56-31-63(61(118-3)29-52(56)74(111)96(49)38-41)121-18-7-6-8-19-122-64-32-57(53(30-62(64)119-4)75(112)97-39-42(2)23-50(97)37-88-120-5)93-80(117)123-20-21-124-125-40-46(76(113)114)26-60(100)58(33-67(105)106)92-72(109)45(28-66(103)104)25-59(99)54(10-9-17-84-78(81)82)90-71(108)44(27-65(101)102)24-51(98)15-16-55(77(115)116)91-70(107)43-11-13-47(14-12-43)85-34-48-35-87-69-68(89-48)73(110)95-79(83)94-69/h11-14,29-32,35-37,44-46,49-50,54-55,58,85H,1-2,6-10,15-28,33-34,38-40H2,3-5H3,(H,90,108)(H,91,107)(H,92,109)(H,93,117)(H,101,102)(H,103,104)(H,105,106)(H,113,114)(H,115,116)(H4,81,82,84)(H3,83,87,94,95,110)/b88-37+/t44-,45-,46-,49-,50-,54-,55-,58-/m0/s1. The van der Waals surface area contributed by atoms with Crippen LogP contribution in [0.1, 0.15) is 133 Å². The molecule has 8 rings (SSSR count). The molecule has 125 heavy (non-hydrogen) atoms. The van der Waals surface area contributed by atoms with E-state index in [1.54, 1.807) is 23.2 Å². The third kappa shape index (κ3) is 29.2. The number of ketones is 3. The number of nitrogens with zero attached hydrogens (tertiary/aromatic N) is 7. The molecule has 8 atom stereocenters. The van der Waals surface area contributed by atoms with Crippen molar-refractivity contribution >= 4 is 157 Å². The highest BCUT2D eigenvalue weighted by Gasteiger charge is 2.39. The Hall–Kier alpha value is -13.8. The molecule has 0 bridgehead atoms. The molecule has 5 aromatic rings. The number of likely N-dealkylation sites (tertiary alicyclic amines) is 1. The Bertz CT molecular complexity index is 5030. The van der Waals surface area contributed by atoms with E-state index in [0.29, 0.717) is 78.4 Å². The predicted molar refractivity (Wildman–Crippen MR) is 453 cm³/mol. The number of rotatable bonds is 52. The maximum absolute atomic E-state index is 14.4. The fourth-order valence-electron chi connectivity index (χ4n) is 13.4. The number of hydrogen-bond acceptors (Lipinski definition) is 31. The number of aliphatic carboxylic acids is 5. The Morgan fingerprint density at radius 1 is 0.704 bits per heavy atom. The number of carbonyl (C=O) groups is 14. The fourth-order valence-corrected chi connectivity index (χ4v) is 15.5. The van der Waals surface area contributed by atoms with Gasteiger partial charge in [0.2, 0.25) is 17.8 Å². The van der Waals surface area contributed by atoms with Gasteiger partial charge in [-0.1, -0.05) is 51.0 Å². The van der Waals surface area contributed by atoms with Gasteiger partial charge in [0.05, 0.1) is 136 Å². The van der Waals surface area contributed by atoms with Crippen LogP contribution in [0.3, 0.4) is 0 Å². The molecule has 0 saturated carbocycles. The van der Waals surface area contributed by atoms with Crippen LogP contribution in [0.25, 0.3) is 11.2 Å². The molecule has 2 aromatic heterocycles. The summed E-state index contributed by atoms with van der Waals surface area (Å²) in [6.45, 7) is 8.71. The number of benzene rings is 3. The molecule has 5 heterocycles. The minimum absolute atomic E-state index is 0.00626. The summed E-state index contributed by atoms with van der Waals surface area (Å²) in [5, 5.41) is 76.3. The molecular weight excluding hydrogens is 1680 g/mol. The second kappa shape index (κ2) is 47.0. The van der Waals surface area contributed by atoms with Gasteiger partial charge in [-0.15, -0.1) is 0 Å². The summed E-state index contributed by atoms with van der Waals surface area (Å²) >= 11 is 0. The van der Waals surface area contributed by atoms with Crippen LogP contribution >= 0.6 is 21.6 Å². The third-order valence-electron chi connectivity index (χ3n) is 19.7. The number of hydrogen-bond donors (Lipinski definition) is 15. The van der Waals surface area contributed by atoms with Gasteiger partial charge in [0.15, 0.2) is 51.7 Å². The van der Waals surface area contributed by atoms with E-state index in [1.165, 1.54) is 75.0 Å². The monoisotopic (exact) mass is 1780 g/mol. The van der Waals surface area contributed by atoms with E-state index in [4.69, 9.17) is 45.4 Å². The zero-order valence-electron chi connectivity index (χ0n) is 68.3. The first kappa shape index (κ1) is 96.7. The number of H-pyrrole nitrogens is 1. The lowest BCUT2D eigenvalue weighted by Gasteiger charge is -2.24. The van der Waals surface area contributed by atoms with Crippen molar-refractivity contribution in [3.8, 4) is 23.0 Å². The number of carboxylic acid groups (broad SMARTS) is 5. The van der Waals surface area contributed by atoms with Crippen LogP contribution in [0.15, 0.2) is 94.0 Å². The molecule has 670 valence electrons. The first-order chi connectivity index (χ1) is 59.6. The van der Waals surface area contributed by atoms with Gasteiger partial charge in [0.1, 0.15) is 25.5 Å². The molecule has 6 amide bonds. The summed E-state index contributed by atoms with van der Waals surface area (Å²) in [7, 11) is 6.11. The average molecular weight is 1780 g/mol. The van der Waals surface area contributed by atoms with E-state index >= 15 is 0 Å². The number of nitrogens with two attached hydrogens (primary N) is 2. The number of aromatic nitrogens is 4. The highest BCUT2D eigenvalue weighted by atomic mass is 33.1. The van der Waals surface area contributed by atoms with Gasteiger partial charge in [0.25, 0.3) is 23.3 Å². The molecule has 17 N–H and O–H groups in total. The largest absolute Gasteiger partial charge is 0.493 e. The number of amides is 6. The van der Waals surface area contributed by atoms with E-state index in [-0.39, 0.29) is 121 Å². The molecule has 3 aliphatic rings. The Morgan fingerprint density at radius 3 is 1.99 bits per heavy atom. The number of aliphatic imine (C=N–C) groups is 1. The second-order valence-electron chi connectivity index (χ2n) is 29.0. The van der Waals surface area contributed by atoms with Crippen LogP contribution in [-0.4, -0.2) is 259 Å². The first-order valence-corrected chi connectivity index (χ1v) is 41.6. The summed E-state index contributed by atoms with van der Waals surface area (Å²) in [5.41, 5.74) is 13.6. The van der Waals surface area contributed by atoms with Crippen molar-refractivity contribution < 1.29 is 121 Å². The molecule has 0 spiro atoms. The number of anilines is 3. The summed E-state index contributed by atoms with van der Waals surface area (Å²) in [4.78, 5) is 226. The van der Waals surface area contributed by atoms with Gasteiger partial charge < -0.3 is 102 Å². The molecule has 3 aliphatic heterocycles. The summed E-state index contributed by atoms with van der Waals surface area (Å²) < 4.78 is 29.0. The molecule has 45 heteroatoms. The second-order valence-corrected chi connectivity index (χ2v) is 31.7. The van der Waals surface area contributed by atoms with Gasteiger partial charge in [-0.25, -0.2) is 19.6 Å². The zero-order chi connectivity index (χ0) is 91.1. The van der Waals surface area contributed by atoms with Crippen molar-refractivity contribution in [2.75, 3.05) is 88.7 Å². The van der Waals surface area contributed by atoms with Crippen molar-refractivity contribution in [3.63, 3.8) is 0 Å². The van der Waals surface area contributed by atoms with E-state index < -0.39 is 182 Å². The van der Waals surface area contributed by atoms with Crippen molar-refractivity contribution in [2.24, 2.45) is 33.6 Å². The van der Waals surface area contributed by atoms with Gasteiger partial charge in [-0.3, -0.25) is 83.0 Å². The van der Waals surface area contributed by atoms with Gasteiger partial charge in [-0.2, -0.15) is 4.98 Å². The maximum Gasteiger partial charge on any atom is 0.411 e. The van der Waals surface area contributed by atoms with Crippen LogP contribution in [0, 0.1) is 23.2 Å². The minimum Gasteiger partial charge on any atom is -0.493 e. The van der Waals surface area contributed by atoms with Crippen molar-refractivity contribution in [1.82, 2.24) is 51.0 Å². The number of carboxylic acids is 5. The fraction of sp³-hybridized carbons (Fsp3) is 0.438. The predicted octanol–water partition coefficient (Wildman–Crippen LogP) is 4.50. The third-order valence-corrected chi connectivity index (χ3v) is 22.1. The number of carbonyl (C=O) groups excluding carboxylic acids is 9. The summed E-state index contributed by atoms with van der Waals surface area (Å²) in [6.07, 6.45) is -1.54. The molecule has 43 nitrogen and oxygen atoms in total. The van der Waals surface area contributed by atoms with Crippen molar-refractivity contribution in [2.45, 2.75) is 133 Å². The number of methoxy groups -OCH3 is 2. The number of nitrogen functional groups attached to an aromatic ring is 1. The van der Waals surface area contributed by atoms with Crippen LogP contribution in [0.4, 0.5) is 27.8 Å². The van der Waals surface area contributed by atoms with Gasteiger partial charge in [0, 0.05) is 86.4 Å². The molecule has 3 aromatic carbocycles. The molecule has 0 unspecified atom stereocenters. The van der Waals surface area contributed by atoms with Crippen LogP contribution in [-0.2, 0) is 64.1 Å². The number of ether oxygens (including phenoxy) is 5. The number of Topliss-reactive ketones (excluding diaryl/α,β-unsaturated/α-hetero) is 3. The Morgan fingerprint density at radius 2 is 1.34 bits per heavy atom. The lowest BCUT2D eigenvalue weighted by molar-refractivity contribution is -0.145. The van der Waals surface area contributed by atoms with Crippen molar-refractivity contribution in [3.05, 3.63) is 112 Å². The summed E-state index contributed by atoms with van der Waals surface area (Å²) in [6, 6.07) is 5.60. The number of nitrogens with one attached hydrogen (secondary N) is 8. The number of oxime groups is 1. The highest BCUT2D eigenvalue weighted by Crippen LogP contribution is 2.40. The van der Waals surface area contributed by atoms with E-state index in [9.17, 15) is 97.5 Å². The lowest BCUT2D eigenvalue weighted by Crippen LogP contribution is -2.48. The van der Waals surface area contributed by atoms with Crippen molar-refractivity contribution in [1.29, 1.82) is 5.41 Å². The smallest absolute Gasteiger partial charge is 0.411 e. The minimum atomic E-state index is -2.01. The SMILES string of the molecule is C=C1C[C@H]2C=Nc3cc(OCCCCCOc4cc(NC(=O)OCCSSC[C@H](CC(=O)[C@H](CC(=O)O)NC(=O)[C@H](CC(=O)O)CC(=O)[C@H](CCCNC(=N)N)NC(=O)[C@H](CC(=O)O)CC(=O)CC[C@H](NC(=O)c5ccc(NCc6cnc7nc(N)[nH]c(=O)c7n6)cc5)C(=O)O)C(=O)O)c(C(=O)N5CC(=C)C[C@H]5/C=N/OC)cc4OC)c(OC)cc3C(=O)N2C1.